The molecule has 5 nitrogen and oxygen atoms in total. The second kappa shape index (κ2) is 5.13. The van der Waals surface area contributed by atoms with Crippen LogP contribution in [0.3, 0.4) is 0 Å². The number of nitrogens with one attached hydrogen (secondary N) is 1. The van der Waals surface area contributed by atoms with E-state index in [1.807, 2.05) is 18.2 Å². The molecule has 21 heavy (non-hydrogen) atoms. The van der Waals surface area contributed by atoms with E-state index in [1.165, 1.54) is 12.1 Å². The Kier molecular flexibility index (Phi) is 3.16. The van der Waals surface area contributed by atoms with E-state index >= 15 is 0 Å². The molecule has 1 heterocycles. The molecule has 0 aliphatic carbocycles. The van der Waals surface area contributed by atoms with E-state index in [2.05, 4.69) is 10.3 Å². The lowest BCUT2D eigenvalue weighted by Gasteiger charge is -2.07. The third kappa shape index (κ3) is 2.62. The molecule has 0 spiro atoms. The molecule has 0 radical (unpaired) electrons. The molecular formula is C16H13N3O2. The van der Waals surface area contributed by atoms with Gasteiger partial charge in [-0.2, -0.15) is 0 Å². The third-order valence-corrected chi connectivity index (χ3v) is 3.11. The molecule has 0 saturated heterocycles. The number of nitrogen functional groups attached to an aromatic ring is 1. The number of hydrogen-bond acceptors (Lipinski definition) is 4. The van der Waals surface area contributed by atoms with Crippen molar-refractivity contribution in [3.05, 3.63) is 60.3 Å². The van der Waals surface area contributed by atoms with Crippen molar-refractivity contribution in [2.45, 2.75) is 0 Å². The zero-order valence-electron chi connectivity index (χ0n) is 11.1. The number of hydrogen-bond donors (Lipinski definition) is 3. The summed E-state index contributed by atoms with van der Waals surface area (Å²) in [6.07, 6.45) is 0. The molecule has 4 N–H and O–H groups in total. The minimum absolute atomic E-state index is 0.143. The smallest absolute Gasteiger partial charge is 0.274 e. The Bertz CT molecular complexity index is 813. The summed E-state index contributed by atoms with van der Waals surface area (Å²) in [7, 11) is 0. The molecule has 0 fully saturated rings. The topological polar surface area (TPSA) is 88.2 Å². The average molecular weight is 279 g/mol. The van der Waals surface area contributed by atoms with Gasteiger partial charge < -0.3 is 16.2 Å². The van der Waals surface area contributed by atoms with Crippen molar-refractivity contribution in [1.29, 1.82) is 0 Å². The average Bonchev–Trinajstić information content (AvgIpc) is 2.50. The number of rotatable bonds is 2. The van der Waals surface area contributed by atoms with E-state index < -0.39 is 0 Å². The fraction of sp³-hybridized carbons (Fsp3) is 0. The van der Waals surface area contributed by atoms with Crippen LogP contribution in [0.1, 0.15) is 10.5 Å². The van der Waals surface area contributed by atoms with E-state index in [0.717, 1.165) is 5.39 Å². The second-order valence-electron chi connectivity index (χ2n) is 4.62. The molecule has 0 bridgehead atoms. The molecule has 104 valence electrons. The van der Waals surface area contributed by atoms with Gasteiger partial charge in [0.05, 0.1) is 11.2 Å². The minimum atomic E-state index is -0.328. The SMILES string of the molecule is Nc1cccc2ccc(C(=O)Nc3ccc(O)cc3)nc12. The normalized spacial score (nSPS) is 10.5. The number of anilines is 2. The maximum absolute atomic E-state index is 12.2. The third-order valence-electron chi connectivity index (χ3n) is 3.11. The van der Waals surface area contributed by atoms with Gasteiger partial charge in [-0.05, 0) is 36.4 Å². The van der Waals surface area contributed by atoms with Gasteiger partial charge in [0.1, 0.15) is 11.4 Å². The van der Waals surface area contributed by atoms with Crippen LogP contribution in [-0.4, -0.2) is 16.0 Å². The minimum Gasteiger partial charge on any atom is -0.508 e. The monoisotopic (exact) mass is 279 g/mol. The van der Waals surface area contributed by atoms with E-state index in [-0.39, 0.29) is 17.4 Å². The highest BCUT2D eigenvalue weighted by Gasteiger charge is 2.09. The summed E-state index contributed by atoms with van der Waals surface area (Å²) in [6.45, 7) is 0. The van der Waals surface area contributed by atoms with Gasteiger partial charge in [0.15, 0.2) is 0 Å². The molecule has 1 aromatic heterocycles. The number of nitrogens with zero attached hydrogens (tertiary/aromatic N) is 1. The summed E-state index contributed by atoms with van der Waals surface area (Å²) in [5.41, 5.74) is 7.88. The Hall–Kier alpha value is -3.08. The van der Waals surface area contributed by atoms with Crippen LogP contribution in [0.15, 0.2) is 54.6 Å². The fourth-order valence-corrected chi connectivity index (χ4v) is 2.04. The lowest BCUT2D eigenvalue weighted by atomic mass is 10.1. The fourth-order valence-electron chi connectivity index (χ4n) is 2.04. The first-order chi connectivity index (χ1) is 10.1. The molecule has 3 rings (SSSR count). The Morgan fingerprint density at radius 1 is 1.05 bits per heavy atom. The summed E-state index contributed by atoms with van der Waals surface area (Å²) in [6, 6.07) is 15.2. The van der Waals surface area contributed by atoms with Crippen LogP contribution >= 0.6 is 0 Å². The second-order valence-corrected chi connectivity index (χ2v) is 4.62. The molecule has 2 aromatic carbocycles. The molecule has 0 aliphatic heterocycles. The highest BCUT2D eigenvalue weighted by Crippen LogP contribution is 2.20. The number of aromatic hydroxyl groups is 1. The maximum atomic E-state index is 12.2. The number of para-hydroxylation sites is 1. The lowest BCUT2D eigenvalue weighted by molar-refractivity contribution is 0.102. The Morgan fingerprint density at radius 2 is 1.81 bits per heavy atom. The van der Waals surface area contributed by atoms with Crippen LogP contribution in [-0.2, 0) is 0 Å². The number of pyridine rings is 1. The first-order valence-corrected chi connectivity index (χ1v) is 6.39. The predicted octanol–water partition coefficient (Wildman–Crippen LogP) is 2.77. The number of benzene rings is 2. The quantitative estimate of drug-likeness (QED) is 0.497. The van der Waals surface area contributed by atoms with Crippen LogP contribution in [0.25, 0.3) is 10.9 Å². The van der Waals surface area contributed by atoms with Crippen molar-refractivity contribution < 1.29 is 9.90 Å². The van der Waals surface area contributed by atoms with Crippen molar-refractivity contribution in [3.8, 4) is 5.75 Å². The van der Waals surface area contributed by atoms with Crippen molar-refractivity contribution in [3.63, 3.8) is 0 Å². The lowest BCUT2D eigenvalue weighted by Crippen LogP contribution is -2.13. The predicted molar refractivity (Wildman–Crippen MR) is 82.2 cm³/mol. The number of carbonyl (C=O) groups excluding carboxylic acids is 1. The summed E-state index contributed by atoms with van der Waals surface area (Å²) >= 11 is 0. The first-order valence-electron chi connectivity index (χ1n) is 6.39. The zero-order chi connectivity index (χ0) is 14.8. The Morgan fingerprint density at radius 3 is 2.57 bits per heavy atom. The van der Waals surface area contributed by atoms with E-state index in [4.69, 9.17) is 5.73 Å². The van der Waals surface area contributed by atoms with Gasteiger partial charge in [-0.1, -0.05) is 18.2 Å². The molecule has 1 amide bonds. The Balaban J connectivity index is 1.91. The standard InChI is InChI=1S/C16H13N3O2/c17-13-3-1-2-10-4-9-14(19-15(10)13)16(21)18-11-5-7-12(20)8-6-11/h1-9,20H,17H2,(H,18,21). The van der Waals surface area contributed by atoms with E-state index in [9.17, 15) is 9.90 Å². The molecule has 0 atom stereocenters. The van der Waals surface area contributed by atoms with E-state index in [0.29, 0.717) is 16.9 Å². The van der Waals surface area contributed by atoms with Gasteiger partial charge in [0, 0.05) is 11.1 Å². The van der Waals surface area contributed by atoms with Crippen LogP contribution < -0.4 is 11.1 Å². The number of carbonyl (C=O) groups is 1. The van der Waals surface area contributed by atoms with Crippen molar-refractivity contribution in [2.24, 2.45) is 0 Å². The summed E-state index contributed by atoms with van der Waals surface area (Å²) in [4.78, 5) is 16.5. The molecule has 0 saturated carbocycles. The summed E-state index contributed by atoms with van der Waals surface area (Å²) in [5, 5.41) is 12.8. The summed E-state index contributed by atoms with van der Waals surface area (Å²) < 4.78 is 0. The zero-order valence-corrected chi connectivity index (χ0v) is 11.1. The number of phenols is 1. The number of phenolic OH excluding ortho intramolecular Hbond substituents is 1. The number of nitrogens with two attached hydrogens (primary N) is 1. The largest absolute Gasteiger partial charge is 0.508 e. The van der Waals surface area contributed by atoms with Crippen molar-refractivity contribution in [1.82, 2.24) is 4.98 Å². The van der Waals surface area contributed by atoms with Gasteiger partial charge in [0.25, 0.3) is 5.91 Å². The molecule has 0 unspecified atom stereocenters. The van der Waals surface area contributed by atoms with E-state index in [1.54, 1.807) is 24.3 Å². The van der Waals surface area contributed by atoms with Gasteiger partial charge in [0.2, 0.25) is 0 Å². The van der Waals surface area contributed by atoms with Crippen molar-refractivity contribution >= 4 is 28.2 Å². The highest BCUT2D eigenvalue weighted by atomic mass is 16.3. The number of amides is 1. The van der Waals surface area contributed by atoms with Crippen LogP contribution in [0.5, 0.6) is 5.75 Å². The number of aromatic nitrogens is 1. The summed E-state index contributed by atoms with van der Waals surface area (Å²) in [5.74, 6) is -0.185. The number of fused-ring (bicyclic) bond motifs is 1. The van der Waals surface area contributed by atoms with Crippen LogP contribution in [0, 0.1) is 0 Å². The highest BCUT2D eigenvalue weighted by molar-refractivity contribution is 6.04. The Labute approximate surface area is 121 Å². The van der Waals surface area contributed by atoms with Gasteiger partial charge in [-0.25, -0.2) is 4.98 Å². The molecule has 3 aromatic rings. The van der Waals surface area contributed by atoms with Gasteiger partial charge >= 0.3 is 0 Å². The molecule has 5 heteroatoms. The van der Waals surface area contributed by atoms with Gasteiger partial charge in [-0.15, -0.1) is 0 Å². The van der Waals surface area contributed by atoms with Crippen molar-refractivity contribution in [2.75, 3.05) is 11.1 Å². The van der Waals surface area contributed by atoms with Crippen LogP contribution in [0.4, 0.5) is 11.4 Å². The first kappa shape index (κ1) is 12.9. The van der Waals surface area contributed by atoms with Crippen LogP contribution in [0.2, 0.25) is 0 Å². The van der Waals surface area contributed by atoms with Gasteiger partial charge in [-0.3, -0.25) is 4.79 Å². The molecular weight excluding hydrogens is 266 g/mol. The maximum Gasteiger partial charge on any atom is 0.274 e. The molecule has 0 aliphatic rings.